The van der Waals surface area contributed by atoms with Crippen molar-refractivity contribution >= 4 is 11.9 Å². The molecule has 1 saturated carbocycles. The number of rotatable bonds is 5. The second kappa shape index (κ2) is 4.83. The lowest BCUT2D eigenvalue weighted by Gasteiger charge is -2.11. The zero-order chi connectivity index (χ0) is 11.4. The molecule has 1 aliphatic rings. The Morgan fingerprint density at radius 2 is 2.27 bits per heavy atom. The standard InChI is InChI=1S/C11H15NO3/c1-3-5-7(4-2)12-10(13)8-6-9(8)11(14)15/h2,7-9H,3,5-6H2,1H3,(H,12,13)(H,14,15). The van der Waals surface area contributed by atoms with Gasteiger partial charge in [0.15, 0.2) is 0 Å². The number of carbonyl (C=O) groups excluding carboxylic acids is 1. The van der Waals surface area contributed by atoms with Gasteiger partial charge in [0.05, 0.1) is 17.9 Å². The van der Waals surface area contributed by atoms with Crippen molar-refractivity contribution in [1.82, 2.24) is 5.32 Å². The van der Waals surface area contributed by atoms with E-state index >= 15 is 0 Å². The first-order valence-electron chi connectivity index (χ1n) is 5.09. The average molecular weight is 209 g/mol. The first-order chi connectivity index (χ1) is 7.10. The molecule has 1 rings (SSSR count). The number of hydrogen-bond acceptors (Lipinski definition) is 2. The maximum absolute atomic E-state index is 11.5. The molecule has 0 aliphatic heterocycles. The average Bonchev–Trinajstić information content (AvgIpc) is 2.96. The zero-order valence-corrected chi connectivity index (χ0v) is 8.69. The Morgan fingerprint density at radius 1 is 1.60 bits per heavy atom. The fraction of sp³-hybridized carbons (Fsp3) is 0.636. The van der Waals surface area contributed by atoms with Crippen molar-refractivity contribution in [3.63, 3.8) is 0 Å². The molecule has 3 atom stereocenters. The van der Waals surface area contributed by atoms with Crippen LogP contribution in [0.1, 0.15) is 26.2 Å². The van der Waals surface area contributed by atoms with E-state index in [0.717, 1.165) is 12.8 Å². The molecule has 0 aromatic heterocycles. The van der Waals surface area contributed by atoms with E-state index in [9.17, 15) is 9.59 Å². The molecule has 1 aliphatic carbocycles. The van der Waals surface area contributed by atoms with Crippen molar-refractivity contribution in [2.75, 3.05) is 0 Å². The number of hydrogen-bond donors (Lipinski definition) is 2. The Morgan fingerprint density at radius 3 is 2.67 bits per heavy atom. The molecule has 4 nitrogen and oxygen atoms in total. The smallest absolute Gasteiger partial charge is 0.307 e. The van der Waals surface area contributed by atoms with Crippen LogP contribution in [0.25, 0.3) is 0 Å². The molecule has 0 spiro atoms. The van der Waals surface area contributed by atoms with Crippen LogP contribution in [-0.2, 0) is 9.59 Å². The molecule has 0 bridgehead atoms. The highest BCUT2D eigenvalue weighted by Gasteiger charge is 2.48. The predicted molar refractivity (Wildman–Crippen MR) is 54.9 cm³/mol. The van der Waals surface area contributed by atoms with E-state index in [-0.39, 0.29) is 17.9 Å². The van der Waals surface area contributed by atoms with Crippen molar-refractivity contribution in [1.29, 1.82) is 0 Å². The predicted octanol–water partition coefficient (Wildman–Crippen LogP) is 0.625. The molecule has 4 heteroatoms. The Bertz CT molecular complexity index is 305. The second-order valence-corrected chi connectivity index (χ2v) is 3.80. The largest absolute Gasteiger partial charge is 0.481 e. The molecule has 0 aromatic carbocycles. The van der Waals surface area contributed by atoms with E-state index < -0.39 is 11.9 Å². The molecule has 0 aromatic rings. The van der Waals surface area contributed by atoms with Gasteiger partial charge in [-0.1, -0.05) is 19.3 Å². The lowest BCUT2D eigenvalue weighted by atomic mass is 10.1. The van der Waals surface area contributed by atoms with Crippen molar-refractivity contribution in [3.8, 4) is 12.3 Å². The van der Waals surface area contributed by atoms with Crippen LogP contribution in [0.4, 0.5) is 0 Å². The highest BCUT2D eigenvalue weighted by molar-refractivity contribution is 5.89. The van der Waals surface area contributed by atoms with Crippen LogP contribution < -0.4 is 5.32 Å². The summed E-state index contributed by atoms with van der Waals surface area (Å²) in [6, 6.07) is -0.266. The van der Waals surface area contributed by atoms with Gasteiger partial charge < -0.3 is 10.4 Å². The number of carbonyl (C=O) groups is 2. The molecule has 0 radical (unpaired) electrons. The summed E-state index contributed by atoms with van der Waals surface area (Å²) in [5.41, 5.74) is 0. The first-order valence-corrected chi connectivity index (χ1v) is 5.09. The number of amides is 1. The SMILES string of the molecule is C#CC(CCC)NC(=O)C1CC1C(=O)O. The van der Waals surface area contributed by atoms with Crippen LogP contribution in [0.3, 0.4) is 0 Å². The summed E-state index contributed by atoms with van der Waals surface area (Å²) >= 11 is 0. The molecule has 3 unspecified atom stereocenters. The van der Waals surface area contributed by atoms with E-state index in [4.69, 9.17) is 11.5 Å². The molecular weight excluding hydrogens is 194 g/mol. The number of aliphatic carboxylic acids is 1. The fourth-order valence-electron chi connectivity index (χ4n) is 1.52. The van der Waals surface area contributed by atoms with Gasteiger partial charge in [0.2, 0.25) is 5.91 Å². The van der Waals surface area contributed by atoms with Crippen LogP contribution in [0.15, 0.2) is 0 Å². The van der Waals surface area contributed by atoms with Gasteiger partial charge in [-0.3, -0.25) is 9.59 Å². The molecule has 82 valence electrons. The van der Waals surface area contributed by atoms with Gasteiger partial charge in [-0.25, -0.2) is 0 Å². The Balaban J connectivity index is 2.37. The van der Waals surface area contributed by atoms with E-state index in [2.05, 4.69) is 11.2 Å². The quantitative estimate of drug-likeness (QED) is 0.652. The van der Waals surface area contributed by atoms with Crippen LogP contribution >= 0.6 is 0 Å². The summed E-state index contributed by atoms with van der Waals surface area (Å²) < 4.78 is 0. The van der Waals surface area contributed by atoms with Crippen LogP contribution in [0.5, 0.6) is 0 Å². The maximum Gasteiger partial charge on any atom is 0.307 e. The van der Waals surface area contributed by atoms with Gasteiger partial charge in [0.1, 0.15) is 0 Å². The van der Waals surface area contributed by atoms with E-state index in [0.29, 0.717) is 6.42 Å². The molecule has 15 heavy (non-hydrogen) atoms. The van der Waals surface area contributed by atoms with Gasteiger partial charge in [-0.2, -0.15) is 0 Å². The van der Waals surface area contributed by atoms with Crippen molar-refractivity contribution in [3.05, 3.63) is 0 Å². The summed E-state index contributed by atoms with van der Waals surface area (Å²) in [5, 5.41) is 11.3. The number of carboxylic acid groups (broad SMARTS) is 1. The van der Waals surface area contributed by atoms with E-state index in [1.165, 1.54) is 0 Å². The van der Waals surface area contributed by atoms with Crippen LogP contribution in [-0.4, -0.2) is 23.0 Å². The summed E-state index contributed by atoms with van der Waals surface area (Å²) in [5.74, 6) is 0.469. The normalized spacial score (nSPS) is 25.1. The minimum absolute atomic E-state index is 0.223. The Labute approximate surface area is 89.0 Å². The highest BCUT2D eigenvalue weighted by atomic mass is 16.4. The van der Waals surface area contributed by atoms with Crippen LogP contribution in [0, 0.1) is 24.2 Å². The number of carboxylic acids is 1. The minimum atomic E-state index is -0.900. The molecule has 1 fully saturated rings. The number of nitrogens with one attached hydrogen (secondary N) is 1. The van der Waals surface area contributed by atoms with Crippen molar-refractivity contribution in [2.45, 2.75) is 32.2 Å². The first kappa shape index (κ1) is 11.6. The molecule has 0 heterocycles. The lowest BCUT2D eigenvalue weighted by molar-refractivity contribution is -0.140. The number of terminal acetylenes is 1. The molecule has 0 saturated heterocycles. The van der Waals surface area contributed by atoms with Gasteiger partial charge in [-0.05, 0) is 12.8 Å². The molecule has 1 amide bonds. The summed E-state index contributed by atoms with van der Waals surface area (Å²) in [4.78, 5) is 22.0. The van der Waals surface area contributed by atoms with Gasteiger partial charge in [0.25, 0.3) is 0 Å². The second-order valence-electron chi connectivity index (χ2n) is 3.80. The van der Waals surface area contributed by atoms with Gasteiger partial charge >= 0.3 is 5.97 Å². The monoisotopic (exact) mass is 209 g/mol. The van der Waals surface area contributed by atoms with E-state index in [1.54, 1.807) is 0 Å². The Kier molecular flexibility index (Phi) is 3.73. The van der Waals surface area contributed by atoms with E-state index in [1.807, 2.05) is 6.92 Å². The van der Waals surface area contributed by atoms with Crippen molar-refractivity contribution in [2.24, 2.45) is 11.8 Å². The third kappa shape index (κ3) is 2.98. The zero-order valence-electron chi connectivity index (χ0n) is 8.69. The molecule has 2 N–H and O–H groups in total. The topological polar surface area (TPSA) is 66.4 Å². The summed E-state index contributed by atoms with van der Waals surface area (Å²) in [7, 11) is 0. The third-order valence-electron chi connectivity index (χ3n) is 2.54. The van der Waals surface area contributed by atoms with Crippen LogP contribution in [0.2, 0.25) is 0 Å². The van der Waals surface area contributed by atoms with Gasteiger partial charge in [-0.15, -0.1) is 6.42 Å². The highest BCUT2D eigenvalue weighted by Crippen LogP contribution is 2.38. The third-order valence-corrected chi connectivity index (χ3v) is 2.54. The minimum Gasteiger partial charge on any atom is -0.481 e. The van der Waals surface area contributed by atoms with Crippen molar-refractivity contribution < 1.29 is 14.7 Å². The Hall–Kier alpha value is -1.50. The molecular formula is C11H15NO3. The summed E-state index contributed by atoms with van der Waals surface area (Å²) in [6.45, 7) is 1.98. The summed E-state index contributed by atoms with van der Waals surface area (Å²) in [6.07, 6.45) is 7.30. The lowest BCUT2D eigenvalue weighted by Crippen LogP contribution is -2.35. The van der Waals surface area contributed by atoms with Gasteiger partial charge in [0, 0.05) is 0 Å². The fourth-order valence-corrected chi connectivity index (χ4v) is 1.52. The maximum atomic E-state index is 11.5.